The van der Waals surface area contributed by atoms with E-state index in [1.807, 2.05) is 30.5 Å². The smallest absolute Gasteiger partial charge is 0.256 e. The van der Waals surface area contributed by atoms with Gasteiger partial charge >= 0.3 is 0 Å². The van der Waals surface area contributed by atoms with Gasteiger partial charge in [-0.05, 0) is 30.9 Å². The molecule has 1 saturated heterocycles. The average Bonchev–Trinajstić information content (AvgIpc) is 3.15. The number of rotatable bonds is 7. The minimum Gasteiger partial charge on any atom is -0.394 e. The zero-order valence-corrected chi connectivity index (χ0v) is 16.7. The van der Waals surface area contributed by atoms with Gasteiger partial charge in [0.25, 0.3) is 5.91 Å². The highest BCUT2D eigenvalue weighted by Gasteiger charge is 2.26. The number of benzene rings is 2. The molecule has 5 nitrogen and oxygen atoms in total. The normalized spacial score (nSPS) is 17.0. The first-order chi connectivity index (χ1) is 14.3. The number of fused-ring (bicyclic) bond motifs is 1. The van der Waals surface area contributed by atoms with Crippen LogP contribution >= 0.6 is 0 Å². The molecule has 1 N–H and O–H groups in total. The lowest BCUT2D eigenvalue weighted by atomic mass is 10.1. The molecule has 1 fully saturated rings. The van der Waals surface area contributed by atoms with Crippen LogP contribution in [0.4, 0.5) is 0 Å². The zero-order valence-electron chi connectivity index (χ0n) is 16.7. The molecule has 0 bridgehead atoms. The summed E-state index contributed by atoms with van der Waals surface area (Å²) in [6, 6.07) is 18.7. The molecule has 5 heteroatoms. The Hall–Kier alpha value is -2.63. The first-order valence-electron chi connectivity index (χ1n) is 10.4. The summed E-state index contributed by atoms with van der Waals surface area (Å²) in [5.74, 6) is 0.0194. The van der Waals surface area contributed by atoms with Gasteiger partial charge in [-0.15, -0.1) is 0 Å². The topological polar surface area (TPSA) is 54.7 Å². The molecule has 0 aliphatic carbocycles. The van der Waals surface area contributed by atoms with E-state index in [9.17, 15) is 9.90 Å². The predicted octanol–water partition coefficient (Wildman–Crippen LogP) is 3.50. The molecular weight excluding hydrogens is 364 g/mol. The molecule has 1 aliphatic heterocycles. The highest BCUT2D eigenvalue weighted by Crippen LogP contribution is 2.24. The second-order valence-corrected chi connectivity index (χ2v) is 7.62. The van der Waals surface area contributed by atoms with Crippen LogP contribution in [0.5, 0.6) is 0 Å². The number of aromatic nitrogens is 1. The Morgan fingerprint density at radius 3 is 2.69 bits per heavy atom. The maximum absolute atomic E-state index is 13.2. The minimum atomic E-state index is -0.293. The largest absolute Gasteiger partial charge is 0.394 e. The highest BCUT2D eigenvalue weighted by molar-refractivity contribution is 6.07. The van der Waals surface area contributed by atoms with E-state index in [0.29, 0.717) is 19.7 Å². The van der Waals surface area contributed by atoms with Crippen molar-refractivity contribution in [1.82, 2.24) is 9.47 Å². The summed E-state index contributed by atoms with van der Waals surface area (Å²) >= 11 is 0. The van der Waals surface area contributed by atoms with Crippen LogP contribution in [0.3, 0.4) is 0 Å². The van der Waals surface area contributed by atoms with Crippen molar-refractivity contribution in [2.24, 2.45) is 0 Å². The van der Waals surface area contributed by atoms with Crippen LogP contribution in [0, 0.1) is 0 Å². The average molecular weight is 392 g/mol. The van der Waals surface area contributed by atoms with E-state index in [1.54, 1.807) is 4.90 Å². The SMILES string of the molecule is O=C(c1cn(CCCCc2ccccc2)c2ccccc12)N1CCO[C@H](CO)C1. The van der Waals surface area contributed by atoms with Gasteiger partial charge in [0.05, 0.1) is 24.9 Å². The van der Waals surface area contributed by atoms with Crippen molar-refractivity contribution in [3.8, 4) is 0 Å². The minimum absolute atomic E-state index is 0.0194. The standard InChI is InChI=1S/C24H28N2O3/c27-18-20-16-26(14-15-29-20)24(28)22-17-25(23-12-5-4-11-21(22)23)13-7-6-10-19-8-2-1-3-9-19/h1-5,8-9,11-12,17,20,27H,6-7,10,13-16,18H2/t20-/m0/s1. The van der Waals surface area contributed by atoms with Crippen molar-refractivity contribution in [2.45, 2.75) is 31.9 Å². The third kappa shape index (κ3) is 4.52. The van der Waals surface area contributed by atoms with Crippen molar-refractivity contribution >= 4 is 16.8 Å². The molecule has 1 aromatic heterocycles. The monoisotopic (exact) mass is 392 g/mol. The van der Waals surface area contributed by atoms with Gasteiger partial charge < -0.3 is 19.3 Å². The Labute approximate surface area is 171 Å². The van der Waals surface area contributed by atoms with Gasteiger partial charge in [-0.1, -0.05) is 48.5 Å². The molecule has 29 heavy (non-hydrogen) atoms. The van der Waals surface area contributed by atoms with Gasteiger partial charge in [-0.3, -0.25) is 4.79 Å². The molecule has 3 aromatic rings. The van der Waals surface area contributed by atoms with Gasteiger partial charge in [-0.25, -0.2) is 0 Å². The molecule has 1 atom stereocenters. The molecule has 2 heterocycles. The number of ether oxygens (including phenoxy) is 1. The lowest BCUT2D eigenvalue weighted by molar-refractivity contribution is -0.0446. The lowest BCUT2D eigenvalue weighted by Crippen LogP contribution is -2.46. The van der Waals surface area contributed by atoms with Crippen LogP contribution in [0.1, 0.15) is 28.8 Å². The Morgan fingerprint density at radius 2 is 1.86 bits per heavy atom. The van der Waals surface area contributed by atoms with Crippen LogP contribution in [-0.4, -0.2) is 52.9 Å². The van der Waals surface area contributed by atoms with E-state index in [4.69, 9.17) is 4.74 Å². The fourth-order valence-electron chi connectivity index (χ4n) is 4.04. The molecular formula is C24H28N2O3. The fourth-order valence-corrected chi connectivity index (χ4v) is 4.04. The van der Waals surface area contributed by atoms with E-state index >= 15 is 0 Å². The lowest BCUT2D eigenvalue weighted by Gasteiger charge is -2.32. The second-order valence-electron chi connectivity index (χ2n) is 7.62. The van der Waals surface area contributed by atoms with Gasteiger partial charge in [0.15, 0.2) is 0 Å². The number of unbranched alkanes of at least 4 members (excludes halogenated alkanes) is 1. The first-order valence-corrected chi connectivity index (χ1v) is 10.4. The maximum atomic E-state index is 13.2. The highest BCUT2D eigenvalue weighted by atomic mass is 16.5. The molecule has 2 aromatic carbocycles. The second kappa shape index (κ2) is 9.25. The molecule has 0 spiro atoms. The summed E-state index contributed by atoms with van der Waals surface area (Å²) in [4.78, 5) is 15.0. The molecule has 4 rings (SSSR count). The first kappa shape index (κ1) is 19.7. The number of hydrogen-bond donors (Lipinski definition) is 1. The van der Waals surface area contributed by atoms with Crippen LogP contribution in [0.25, 0.3) is 10.9 Å². The molecule has 1 amide bonds. The Balaban J connectivity index is 1.47. The summed E-state index contributed by atoms with van der Waals surface area (Å²) < 4.78 is 7.69. The van der Waals surface area contributed by atoms with E-state index in [2.05, 4.69) is 34.9 Å². The number of morpholine rings is 1. The van der Waals surface area contributed by atoms with Gasteiger partial charge in [0.1, 0.15) is 0 Å². The predicted molar refractivity (Wildman–Crippen MR) is 114 cm³/mol. The quantitative estimate of drug-likeness (QED) is 0.626. The van der Waals surface area contributed by atoms with Gasteiger partial charge in [0, 0.05) is 36.7 Å². The Kier molecular flexibility index (Phi) is 6.27. The molecule has 0 saturated carbocycles. The van der Waals surface area contributed by atoms with Crippen molar-refractivity contribution < 1.29 is 14.6 Å². The number of nitrogens with zero attached hydrogens (tertiary/aromatic N) is 2. The number of hydrogen-bond acceptors (Lipinski definition) is 3. The number of carbonyl (C=O) groups is 1. The summed E-state index contributed by atoms with van der Waals surface area (Å²) in [5, 5.41) is 10.4. The summed E-state index contributed by atoms with van der Waals surface area (Å²) in [5.41, 5.74) is 3.20. The Morgan fingerprint density at radius 1 is 1.07 bits per heavy atom. The van der Waals surface area contributed by atoms with E-state index in [1.165, 1.54) is 5.56 Å². The zero-order chi connectivity index (χ0) is 20.1. The number of amides is 1. The number of aliphatic hydroxyl groups is 1. The fraction of sp³-hybridized carbons (Fsp3) is 0.375. The van der Waals surface area contributed by atoms with Crippen molar-refractivity contribution in [2.75, 3.05) is 26.3 Å². The molecule has 152 valence electrons. The maximum Gasteiger partial charge on any atom is 0.256 e. The third-order valence-electron chi connectivity index (χ3n) is 5.61. The summed E-state index contributed by atoms with van der Waals surface area (Å²) in [6.45, 7) is 2.29. The van der Waals surface area contributed by atoms with Crippen LogP contribution in [0.15, 0.2) is 60.8 Å². The molecule has 1 aliphatic rings. The number of para-hydroxylation sites is 1. The summed E-state index contributed by atoms with van der Waals surface area (Å²) in [7, 11) is 0. The van der Waals surface area contributed by atoms with Crippen LogP contribution < -0.4 is 0 Å². The third-order valence-corrected chi connectivity index (χ3v) is 5.61. The number of carbonyl (C=O) groups excluding carboxylic acids is 1. The van der Waals surface area contributed by atoms with Gasteiger partial charge in [0.2, 0.25) is 0 Å². The molecule has 0 radical (unpaired) electrons. The van der Waals surface area contributed by atoms with E-state index < -0.39 is 0 Å². The van der Waals surface area contributed by atoms with Crippen LogP contribution in [-0.2, 0) is 17.7 Å². The number of aliphatic hydroxyl groups excluding tert-OH is 1. The number of aryl methyl sites for hydroxylation is 2. The van der Waals surface area contributed by atoms with Crippen molar-refractivity contribution in [1.29, 1.82) is 0 Å². The van der Waals surface area contributed by atoms with Crippen molar-refractivity contribution in [3.05, 3.63) is 71.9 Å². The van der Waals surface area contributed by atoms with Gasteiger partial charge in [-0.2, -0.15) is 0 Å². The Bertz CT molecular complexity index is 951. The van der Waals surface area contributed by atoms with Crippen LogP contribution in [0.2, 0.25) is 0 Å². The van der Waals surface area contributed by atoms with Crippen molar-refractivity contribution in [3.63, 3.8) is 0 Å². The summed E-state index contributed by atoms with van der Waals surface area (Å²) in [6.07, 6.45) is 4.95. The van der Waals surface area contributed by atoms with E-state index in [0.717, 1.165) is 42.3 Å². The van der Waals surface area contributed by atoms with E-state index in [-0.39, 0.29) is 18.6 Å². The molecule has 0 unspecified atom stereocenters.